The zero-order valence-electron chi connectivity index (χ0n) is 10.7. The van der Waals surface area contributed by atoms with E-state index in [-0.39, 0.29) is 5.89 Å². The molecule has 0 fully saturated rings. The third-order valence-electron chi connectivity index (χ3n) is 3.06. The predicted octanol–water partition coefficient (Wildman–Crippen LogP) is 1.53. The molecular weight excluding hydrogens is 296 g/mol. The molecule has 0 aliphatic heterocycles. The lowest BCUT2D eigenvalue weighted by Crippen LogP contribution is -2.33. The van der Waals surface area contributed by atoms with E-state index >= 15 is 0 Å². The van der Waals surface area contributed by atoms with Crippen molar-refractivity contribution >= 4 is 28.3 Å². The molecular formula is C12H7ClN6O2. The first-order valence-corrected chi connectivity index (χ1v) is 6.39. The molecule has 8 nitrogen and oxygen atoms in total. The molecule has 4 rings (SSSR count). The van der Waals surface area contributed by atoms with E-state index in [4.69, 9.17) is 16.1 Å². The Hall–Kier alpha value is -2.74. The molecule has 0 atom stereocenters. The summed E-state index contributed by atoms with van der Waals surface area (Å²) in [5.74, 6) is 0.750. The van der Waals surface area contributed by atoms with Gasteiger partial charge >= 0.3 is 0 Å². The van der Waals surface area contributed by atoms with Gasteiger partial charge in [0.05, 0.1) is 6.20 Å². The van der Waals surface area contributed by atoms with Crippen LogP contribution in [0.15, 0.2) is 28.9 Å². The highest BCUT2D eigenvalue weighted by atomic mass is 35.5. The molecule has 0 unspecified atom stereocenters. The molecule has 104 valence electrons. The van der Waals surface area contributed by atoms with E-state index < -0.39 is 0 Å². The molecule has 0 saturated carbocycles. The number of aryl methyl sites for hydroxylation is 1. The summed E-state index contributed by atoms with van der Waals surface area (Å²) in [6.45, 7) is 1.70. The topological polar surface area (TPSA) is 96.0 Å². The summed E-state index contributed by atoms with van der Waals surface area (Å²) in [5, 5.41) is 24.5. The van der Waals surface area contributed by atoms with Crippen molar-refractivity contribution in [2.24, 2.45) is 0 Å². The lowest BCUT2D eigenvalue weighted by molar-refractivity contribution is -0.640. The molecule has 0 spiro atoms. The number of aromatic nitrogens is 6. The van der Waals surface area contributed by atoms with Gasteiger partial charge in [0.2, 0.25) is 5.65 Å². The van der Waals surface area contributed by atoms with Crippen LogP contribution < -0.4 is 4.85 Å². The quantitative estimate of drug-likeness (QED) is 0.391. The molecule has 4 aromatic rings. The second kappa shape index (κ2) is 4.13. The third-order valence-corrected chi connectivity index (χ3v) is 3.29. The van der Waals surface area contributed by atoms with Gasteiger partial charge in [-0.1, -0.05) is 16.8 Å². The summed E-state index contributed by atoms with van der Waals surface area (Å²) in [6, 6.07) is 4.86. The van der Waals surface area contributed by atoms with Crippen LogP contribution >= 0.6 is 11.6 Å². The zero-order valence-corrected chi connectivity index (χ0v) is 11.4. The summed E-state index contributed by atoms with van der Waals surface area (Å²) in [4.78, 5) is 4.65. The van der Waals surface area contributed by atoms with Gasteiger partial charge in [0.25, 0.3) is 11.4 Å². The van der Waals surface area contributed by atoms with Crippen molar-refractivity contribution in [3.8, 4) is 11.5 Å². The standard InChI is InChI=1S/C12H7ClN6O2/c1-6-15-12(21-17-6)8-5-14-18-10-4-7(13)2-3-9(10)19(20)16-11(8)18/h2-5H,1H3. The maximum atomic E-state index is 12.0. The molecule has 1 aromatic carbocycles. The highest BCUT2D eigenvalue weighted by Gasteiger charge is 2.20. The number of benzene rings is 1. The van der Waals surface area contributed by atoms with Gasteiger partial charge < -0.3 is 9.73 Å². The second-order valence-corrected chi connectivity index (χ2v) is 4.88. The van der Waals surface area contributed by atoms with Crippen molar-refractivity contribution in [3.05, 3.63) is 40.5 Å². The number of nitrogens with zero attached hydrogens (tertiary/aromatic N) is 6. The van der Waals surface area contributed by atoms with Crippen molar-refractivity contribution in [3.63, 3.8) is 0 Å². The maximum absolute atomic E-state index is 12.0. The van der Waals surface area contributed by atoms with Gasteiger partial charge in [0.15, 0.2) is 5.82 Å². The first-order chi connectivity index (χ1) is 10.1. The molecule has 0 saturated heterocycles. The van der Waals surface area contributed by atoms with Gasteiger partial charge in [0.1, 0.15) is 11.1 Å². The summed E-state index contributed by atoms with van der Waals surface area (Å²) in [5.41, 5.74) is 1.72. The number of hydrogen-bond acceptors (Lipinski definition) is 6. The Morgan fingerprint density at radius 3 is 3.00 bits per heavy atom. The van der Waals surface area contributed by atoms with Crippen LogP contribution in [0.1, 0.15) is 5.82 Å². The van der Waals surface area contributed by atoms with Gasteiger partial charge in [-0.15, -0.1) is 0 Å². The summed E-state index contributed by atoms with van der Waals surface area (Å²) in [6.07, 6.45) is 1.52. The van der Waals surface area contributed by atoms with Gasteiger partial charge in [0, 0.05) is 16.2 Å². The van der Waals surface area contributed by atoms with Gasteiger partial charge in [-0.25, -0.2) is 4.52 Å². The molecule has 0 aliphatic carbocycles. The van der Waals surface area contributed by atoms with E-state index in [1.54, 1.807) is 25.1 Å². The second-order valence-electron chi connectivity index (χ2n) is 4.45. The maximum Gasteiger partial charge on any atom is 0.270 e. The molecule has 0 amide bonds. The van der Waals surface area contributed by atoms with E-state index in [2.05, 4.69) is 20.3 Å². The Kier molecular flexibility index (Phi) is 2.36. The Morgan fingerprint density at radius 2 is 2.24 bits per heavy atom. The number of halogens is 1. The summed E-state index contributed by atoms with van der Waals surface area (Å²) in [7, 11) is 0. The summed E-state index contributed by atoms with van der Waals surface area (Å²) >= 11 is 5.98. The molecule has 9 heteroatoms. The van der Waals surface area contributed by atoms with Crippen LogP contribution in [0.3, 0.4) is 0 Å². The molecule has 0 N–H and O–H groups in total. The van der Waals surface area contributed by atoms with Crippen LogP contribution in [0.5, 0.6) is 0 Å². The predicted molar refractivity (Wildman–Crippen MR) is 72.5 cm³/mol. The molecule has 3 heterocycles. The minimum Gasteiger partial charge on any atom is -0.594 e. The van der Waals surface area contributed by atoms with Gasteiger partial charge in [-0.05, 0) is 23.9 Å². The van der Waals surface area contributed by atoms with Crippen molar-refractivity contribution in [2.45, 2.75) is 6.92 Å². The normalized spacial score (nSPS) is 11.5. The Bertz CT molecular complexity index is 992. The smallest absolute Gasteiger partial charge is 0.270 e. The highest BCUT2D eigenvalue weighted by Crippen LogP contribution is 2.24. The van der Waals surface area contributed by atoms with Crippen LogP contribution in [0.25, 0.3) is 28.1 Å². The van der Waals surface area contributed by atoms with Crippen molar-refractivity contribution < 1.29 is 9.37 Å². The van der Waals surface area contributed by atoms with Crippen LogP contribution in [0, 0.1) is 12.1 Å². The number of rotatable bonds is 1. The highest BCUT2D eigenvalue weighted by molar-refractivity contribution is 6.31. The molecule has 0 radical (unpaired) electrons. The van der Waals surface area contributed by atoms with E-state index in [9.17, 15) is 5.21 Å². The van der Waals surface area contributed by atoms with Crippen LogP contribution in [0.2, 0.25) is 5.02 Å². The summed E-state index contributed by atoms with van der Waals surface area (Å²) < 4.78 is 6.62. The number of hydrogen-bond donors (Lipinski definition) is 0. The van der Waals surface area contributed by atoms with Gasteiger partial charge in [-0.2, -0.15) is 10.1 Å². The van der Waals surface area contributed by atoms with Gasteiger partial charge in [-0.3, -0.25) is 0 Å². The fraction of sp³-hybridized carbons (Fsp3) is 0.0833. The molecule has 21 heavy (non-hydrogen) atoms. The molecule has 0 aliphatic rings. The lowest BCUT2D eigenvalue weighted by atomic mass is 10.3. The van der Waals surface area contributed by atoms with E-state index in [0.29, 0.717) is 37.9 Å². The van der Waals surface area contributed by atoms with Crippen LogP contribution in [0.4, 0.5) is 0 Å². The molecule has 0 bridgehead atoms. The van der Waals surface area contributed by atoms with Crippen LogP contribution in [-0.2, 0) is 0 Å². The van der Waals surface area contributed by atoms with E-state index in [1.807, 2.05) is 0 Å². The van der Waals surface area contributed by atoms with Crippen LogP contribution in [-0.4, -0.2) is 24.9 Å². The Labute approximate surface area is 122 Å². The third kappa shape index (κ3) is 1.73. The SMILES string of the molecule is Cc1noc(-c2cnn3c2n[n+]([O-])c2ccc(Cl)cc23)n1. The lowest BCUT2D eigenvalue weighted by Gasteiger charge is -2.02. The molecule has 3 aromatic heterocycles. The van der Waals surface area contributed by atoms with Crippen molar-refractivity contribution in [1.82, 2.24) is 24.9 Å². The Morgan fingerprint density at radius 1 is 1.38 bits per heavy atom. The monoisotopic (exact) mass is 302 g/mol. The Balaban J connectivity index is 2.11. The fourth-order valence-electron chi connectivity index (χ4n) is 2.14. The van der Waals surface area contributed by atoms with Crippen molar-refractivity contribution in [1.29, 1.82) is 0 Å². The first-order valence-electron chi connectivity index (χ1n) is 6.01. The van der Waals surface area contributed by atoms with E-state index in [0.717, 1.165) is 0 Å². The van der Waals surface area contributed by atoms with E-state index in [1.165, 1.54) is 10.7 Å². The number of fused-ring (bicyclic) bond motifs is 3. The fourth-order valence-corrected chi connectivity index (χ4v) is 2.31. The minimum atomic E-state index is 0.261. The van der Waals surface area contributed by atoms with Crippen molar-refractivity contribution in [2.75, 3.05) is 0 Å². The zero-order chi connectivity index (χ0) is 14.6. The largest absolute Gasteiger partial charge is 0.594 e. The average molecular weight is 303 g/mol. The minimum absolute atomic E-state index is 0.261. The first kappa shape index (κ1) is 12.0. The average Bonchev–Trinajstić information content (AvgIpc) is 3.04.